The Balaban J connectivity index is 1.98. The van der Waals surface area contributed by atoms with Crippen LogP contribution in [0.1, 0.15) is 16.7 Å². The first-order valence-corrected chi connectivity index (χ1v) is 6.05. The van der Waals surface area contributed by atoms with E-state index in [0.29, 0.717) is 6.07 Å². The minimum Gasteiger partial charge on any atom is -0.390 e. The number of benzene rings is 2. The first kappa shape index (κ1) is 15.9. The molecule has 0 saturated carbocycles. The van der Waals surface area contributed by atoms with Crippen LogP contribution in [0.3, 0.4) is 0 Å². The molecule has 0 amide bonds. The highest BCUT2D eigenvalue weighted by Gasteiger charge is 2.30. The first-order chi connectivity index (χ1) is 10.3. The molecule has 0 aliphatic rings. The van der Waals surface area contributed by atoms with Gasteiger partial charge < -0.3 is 4.84 Å². The first-order valence-electron chi connectivity index (χ1n) is 6.05. The van der Waals surface area contributed by atoms with Crippen LogP contribution in [0.4, 0.5) is 22.0 Å². The lowest BCUT2D eigenvalue weighted by Gasteiger charge is -2.06. The predicted octanol–water partition coefficient (Wildman–Crippen LogP) is 4.41. The highest BCUT2D eigenvalue weighted by Crippen LogP contribution is 2.29. The van der Waals surface area contributed by atoms with Gasteiger partial charge in [-0.1, -0.05) is 17.3 Å². The molecule has 0 aliphatic heterocycles. The van der Waals surface area contributed by atoms with Gasteiger partial charge in [-0.15, -0.1) is 0 Å². The normalized spacial score (nSPS) is 11.9. The summed E-state index contributed by atoms with van der Waals surface area (Å²) in [5, 5.41) is 3.36. The van der Waals surface area contributed by atoms with Crippen LogP contribution < -0.4 is 0 Å². The smallest absolute Gasteiger partial charge is 0.390 e. The highest BCUT2D eigenvalue weighted by molar-refractivity contribution is 5.79. The predicted molar refractivity (Wildman–Crippen MR) is 69.1 cm³/mol. The summed E-state index contributed by atoms with van der Waals surface area (Å²) in [6.45, 7) is -0.235. The van der Waals surface area contributed by atoms with Crippen molar-refractivity contribution in [3.8, 4) is 0 Å². The second kappa shape index (κ2) is 6.55. The van der Waals surface area contributed by atoms with Gasteiger partial charge in [-0.25, -0.2) is 8.78 Å². The van der Waals surface area contributed by atoms with Crippen LogP contribution in [-0.4, -0.2) is 6.21 Å². The Labute approximate surface area is 122 Å². The van der Waals surface area contributed by atoms with E-state index >= 15 is 0 Å². The standard InChI is InChI=1S/C15H9F5NO/c16-13-5-11(6-14(17)7-13)9-22-21-8-10-2-1-3-12(4-10)15(18,19)20/h1-7H,9H2. The Morgan fingerprint density at radius 3 is 2.32 bits per heavy atom. The molecule has 2 nitrogen and oxygen atoms in total. The van der Waals surface area contributed by atoms with Gasteiger partial charge in [0.2, 0.25) is 0 Å². The summed E-state index contributed by atoms with van der Waals surface area (Å²) in [5.41, 5.74) is -0.563. The van der Waals surface area contributed by atoms with Crippen LogP contribution in [0, 0.1) is 11.6 Å². The minimum atomic E-state index is -4.46. The van der Waals surface area contributed by atoms with Crippen LogP contribution in [0.5, 0.6) is 0 Å². The van der Waals surface area contributed by atoms with E-state index in [9.17, 15) is 22.0 Å². The molecule has 2 rings (SSSR count). The molecule has 115 valence electrons. The van der Waals surface area contributed by atoms with Gasteiger partial charge in [0.1, 0.15) is 24.5 Å². The quantitative estimate of drug-likeness (QED) is 0.465. The summed E-state index contributed by atoms with van der Waals surface area (Å²) in [5.74, 6) is -1.52. The molecule has 2 aromatic carbocycles. The van der Waals surface area contributed by atoms with Crippen molar-refractivity contribution in [2.75, 3.05) is 0 Å². The van der Waals surface area contributed by atoms with Crippen LogP contribution in [0.2, 0.25) is 0 Å². The second-order valence-electron chi connectivity index (χ2n) is 4.33. The number of rotatable bonds is 4. The summed E-state index contributed by atoms with van der Waals surface area (Å²) in [7, 11) is 0. The van der Waals surface area contributed by atoms with Gasteiger partial charge in [0.05, 0.1) is 5.56 Å². The van der Waals surface area contributed by atoms with Crippen LogP contribution in [0.15, 0.2) is 47.6 Å². The van der Waals surface area contributed by atoms with Crippen molar-refractivity contribution < 1.29 is 26.8 Å². The number of alkyl halides is 3. The van der Waals surface area contributed by atoms with E-state index in [0.717, 1.165) is 24.3 Å². The van der Waals surface area contributed by atoms with E-state index in [1.165, 1.54) is 12.1 Å². The molecular weight excluding hydrogens is 305 g/mol. The van der Waals surface area contributed by atoms with Crippen LogP contribution in [-0.2, 0) is 17.6 Å². The molecule has 0 bridgehead atoms. The van der Waals surface area contributed by atoms with Crippen molar-refractivity contribution in [1.29, 1.82) is 0 Å². The summed E-state index contributed by atoms with van der Waals surface area (Å²) < 4.78 is 63.3. The Kier molecular flexibility index (Phi) is 4.75. The zero-order chi connectivity index (χ0) is 16.2. The molecule has 2 aromatic rings. The molecule has 7 heteroatoms. The highest BCUT2D eigenvalue weighted by atomic mass is 19.4. The molecule has 1 radical (unpaired) electrons. The number of hydrogen-bond donors (Lipinski definition) is 0. The maximum absolute atomic E-state index is 12.9. The summed E-state index contributed by atoms with van der Waals surface area (Å²) in [4.78, 5) is 4.76. The average Bonchev–Trinajstić information content (AvgIpc) is 2.42. The Morgan fingerprint density at radius 1 is 1.00 bits per heavy atom. The average molecular weight is 314 g/mol. The molecule has 0 N–H and O–H groups in total. The van der Waals surface area contributed by atoms with E-state index < -0.39 is 23.4 Å². The topological polar surface area (TPSA) is 21.6 Å². The number of halogens is 5. The molecule has 0 aliphatic carbocycles. The molecule has 0 heterocycles. The Hall–Kier alpha value is -2.44. The largest absolute Gasteiger partial charge is 0.416 e. The maximum atomic E-state index is 12.9. The summed E-state index contributed by atoms with van der Waals surface area (Å²) in [6.07, 6.45) is -2.19. The van der Waals surface area contributed by atoms with Crippen molar-refractivity contribution in [2.45, 2.75) is 12.8 Å². The lowest BCUT2D eigenvalue weighted by molar-refractivity contribution is -0.137. The van der Waals surface area contributed by atoms with Gasteiger partial charge in [-0.3, -0.25) is 0 Å². The minimum absolute atomic E-state index is 0.0697. The molecule has 0 unspecified atom stereocenters. The van der Waals surface area contributed by atoms with E-state index in [4.69, 9.17) is 4.84 Å². The summed E-state index contributed by atoms with van der Waals surface area (Å²) >= 11 is 0. The second-order valence-corrected chi connectivity index (χ2v) is 4.33. The van der Waals surface area contributed by atoms with Crippen LogP contribution >= 0.6 is 0 Å². The van der Waals surface area contributed by atoms with Crippen molar-refractivity contribution in [1.82, 2.24) is 0 Å². The van der Waals surface area contributed by atoms with Gasteiger partial charge in [0.15, 0.2) is 0 Å². The molecule has 0 fully saturated rings. The molecular formula is C15H9F5NO. The fraction of sp³-hybridized carbons (Fsp3) is 0.133. The monoisotopic (exact) mass is 314 g/mol. The van der Waals surface area contributed by atoms with Crippen molar-refractivity contribution in [2.24, 2.45) is 5.16 Å². The van der Waals surface area contributed by atoms with Crippen LogP contribution in [0.25, 0.3) is 0 Å². The van der Waals surface area contributed by atoms with E-state index in [1.54, 1.807) is 0 Å². The van der Waals surface area contributed by atoms with Gasteiger partial charge >= 0.3 is 6.18 Å². The molecule has 0 saturated heterocycles. The Bertz CT molecular complexity index is 662. The number of hydrogen-bond acceptors (Lipinski definition) is 2. The summed E-state index contributed by atoms with van der Waals surface area (Å²) in [6, 6.07) is 7.18. The zero-order valence-corrected chi connectivity index (χ0v) is 11.0. The molecule has 22 heavy (non-hydrogen) atoms. The Morgan fingerprint density at radius 2 is 1.68 bits per heavy atom. The lowest BCUT2D eigenvalue weighted by atomic mass is 10.1. The van der Waals surface area contributed by atoms with Gasteiger partial charge in [0.25, 0.3) is 0 Å². The van der Waals surface area contributed by atoms with E-state index in [-0.39, 0.29) is 17.7 Å². The fourth-order valence-electron chi connectivity index (χ4n) is 1.65. The lowest BCUT2D eigenvalue weighted by Crippen LogP contribution is -2.05. The van der Waals surface area contributed by atoms with E-state index in [2.05, 4.69) is 11.4 Å². The third-order valence-electron chi connectivity index (χ3n) is 2.58. The van der Waals surface area contributed by atoms with Crippen molar-refractivity contribution in [3.05, 3.63) is 70.8 Å². The van der Waals surface area contributed by atoms with Crippen molar-refractivity contribution in [3.63, 3.8) is 0 Å². The van der Waals surface area contributed by atoms with Crippen molar-refractivity contribution >= 4 is 6.21 Å². The number of nitrogens with zero attached hydrogens (tertiary/aromatic N) is 1. The molecule has 0 aromatic heterocycles. The maximum Gasteiger partial charge on any atom is 0.416 e. The molecule has 0 spiro atoms. The fourth-order valence-corrected chi connectivity index (χ4v) is 1.65. The van der Waals surface area contributed by atoms with Gasteiger partial charge in [-0.2, -0.15) is 13.2 Å². The van der Waals surface area contributed by atoms with Gasteiger partial charge in [-0.05, 0) is 29.8 Å². The third kappa shape index (κ3) is 4.54. The third-order valence-corrected chi connectivity index (χ3v) is 2.58. The zero-order valence-electron chi connectivity index (χ0n) is 11.0. The van der Waals surface area contributed by atoms with E-state index in [1.807, 2.05) is 0 Å². The SMILES string of the molecule is Fc1cc(F)cc(CO/N=[C]\c2cccc(C(F)(F)F)c2)c1. The molecule has 0 atom stereocenters. The van der Waals surface area contributed by atoms with Gasteiger partial charge in [0, 0.05) is 11.6 Å².